The highest BCUT2D eigenvalue weighted by Crippen LogP contribution is 2.25. The van der Waals surface area contributed by atoms with Gasteiger partial charge in [-0.25, -0.2) is 0 Å². The lowest BCUT2D eigenvalue weighted by Gasteiger charge is -2.37. The Morgan fingerprint density at radius 2 is 2.17 bits per heavy atom. The van der Waals surface area contributed by atoms with E-state index in [9.17, 15) is 4.79 Å². The van der Waals surface area contributed by atoms with Crippen LogP contribution in [0.15, 0.2) is 18.2 Å². The summed E-state index contributed by atoms with van der Waals surface area (Å²) in [5.41, 5.74) is 7.63. The van der Waals surface area contributed by atoms with Crippen LogP contribution in [-0.2, 0) is 9.53 Å². The first-order valence-electron chi connectivity index (χ1n) is 7.98. The molecule has 6 nitrogen and oxygen atoms in total. The monoisotopic (exact) mass is 357 g/mol. The van der Waals surface area contributed by atoms with Gasteiger partial charge in [-0.15, -0.1) is 12.4 Å². The average molecular weight is 358 g/mol. The number of benzene rings is 1. The zero-order valence-electron chi connectivity index (χ0n) is 14.6. The van der Waals surface area contributed by atoms with Crippen molar-refractivity contribution in [3.05, 3.63) is 23.8 Å². The fourth-order valence-electron chi connectivity index (χ4n) is 3.02. The van der Waals surface area contributed by atoms with Crippen molar-refractivity contribution in [2.45, 2.75) is 31.9 Å². The average Bonchev–Trinajstić information content (AvgIpc) is 2.55. The number of nitrogens with two attached hydrogens (primary N) is 1. The SMILES string of the molecule is COc1ccc(C)cc1NC(=O)CN1CCC(OC)CC1CN.Cl. The van der Waals surface area contributed by atoms with Crippen LogP contribution in [0.1, 0.15) is 18.4 Å². The molecule has 1 aromatic carbocycles. The Balaban J connectivity index is 0.00000288. The van der Waals surface area contributed by atoms with Crippen molar-refractivity contribution in [1.29, 1.82) is 0 Å². The molecule has 7 heteroatoms. The standard InChI is InChI=1S/C17H27N3O3.ClH/c1-12-4-5-16(23-3)15(8-12)19-17(21)11-20-7-6-14(22-2)9-13(20)10-18;/h4-5,8,13-14H,6-7,9-11,18H2,1-3H3,(H,19,21);1H. The molecule has 1 fully saturated rings. The molecular weight excluding hydrogens is 330 g/mol. The fourth-order valence-corrected chi connectivity index (χ4v) is 3.02. The molecule has 1 aliphatic heterocycles. The van der Waals surface area contributed by atoms with Crippen LogP contribution >= 0.6 is 12.4 Å². The molecule has 1 amide bonds. The lowest BCUT2D eigenvalue weighted by molar-refractivity contribution is -0.118. The van der Waals surface area contributed by atoms with Gasteiger partial charge in [0.1, 0.15) is 5.75 Å². The smallest absolute Gasteiger partial charge is 0.238 e. The Morgan fingerprint density at radius 1 is 1.42 bits per heavy atom. The van der Waals surface area contributed by atoms with E-state index in [0.29, 0.717) is 24.5 Å². The number of nitrogens with one attached hydrogen (secondary N) is 1. The van der Waals surface area contributed by atoms with Crippen molar-refractivity contribution >= 4 is 24.0 Å². The summed E-state index contributed by atoms with van der Waals surface area (Å²) in [4.78, 5) is 14.5. The molecular formula is C17H28ClN3O3. The highest BCUT2D eigenvalue weighted by atomic mass is 35.5. The van der Waals surface area contributed by atoms with Gasteiger partial charge < -0.3 is 20.5 Å². The zero-order chi connectivity index (χ0) is 16.8. The first-order valence-corrected chi connectivity index (χ1v) is 7.98. The van der Waals surface area contributed by atoms with E-state index in [0.717, 1.165) is 24.9 Å². The third-order valence-electron chi connectivity index (χ3n) is 4.37. The van der Waals surface area contributed by atoms with Crippen LogP contribution in [0.25, 0.3) is 0 Å². The Labute approximate surface area is 150 Å². The molecule has 1 saturated heterocycles. The number of likely N-dealkylation sites (tertiary alicyclic amines) is 1. The van der Waals surface area contributed by atoms with Gasteiger partial charge in [0.15, 0.2) is 0 Å². The van der Waals surface area contributed by atoms with E-state index in [2.05, 4.69) is 10.2 Å². The second kappa shape index (κ2) is 9.84. The van der Waals surface area contributed by atoms with Gasteiger partial charge in [-0.05, 0) is 37.5 Å². The molecule has 1 heterocycles. The van der Waals surface area contributed by atoms with Gasteiger partial charge >= 0.3 is 0 Å². The van der Waals surface area contributed by atoms with Crippen LogP contribution in [0.4, 0.5) is 5.69 Å². The minimum atomic E-state index is -0.0526. The van der Waals surface area contributed by atoms with Crippen LogP contribution in [0.5, 0.6) is 5.75 Å². The molecule has 0 saturated carbocycles. The first-order chi connectivity index (χ1) is 11.1. The summed E-state index contributed by atoms with van der Waals surface area (Å²) in [6, 6.07) is 5.90. The number of anilines is 1. The van der Waals surface area contributed by atoms with E-state index in [4.69, 9.17) is 15.2 Å². The molecule has 1 aromatic rings. The summed E-state index contributed by atoms with van der Waals surface area (Å²) in [6.45, 7) is 3.66. The van der Waals surface area contributed by atoms with Crippen molar-refractivity contribution in [2.75, 3.05) is 39.2 Å². The van der Waals surface area contributed by atoms with Crippen molar-refractivity contribution in [2.24, 2.45) is 5.73 Å². The summed E-state index contributed by atoms with van der Waals surface area (Å²) >= 11 is 0. The summed E-state index contributed by atoms with van der Waals surface area (Å²) < 4.78 is 10.7. The number of halogens is 1. The number of hydrogen-bond acceptors (Lipinski definition) is 5. The van der Waals surface area contributed by atoms with Gasteiger partial charge in [0, 0.05) is 26.2 Å². The number of piperidine rings is 1. The summed E-state index contributed by atoms with van der Waals surface area (Å²) in [5.74, 6) is 0.612. The molecule has 2 rings (SSSR count). The quantitative estimate of drug-likeness (QED) is 0.811. The van der Waals surface area contributed by atoms with Crippen LogP contribution in [0, 0.1) is 6.92 Å². The maximum Gasteiger partial charge on any atom is 0.238 e. The van der Waals surface area contributed by atoms with E-state index >= 15 is 0 Å². The normalized spacial score (nSPS) is 21.0. The second-order valence-corrected chi connectivity index (χ2v) is 5.99. The molecule has 2 unspecified atom stereocenters. The van der Waals surface area contributed by atoms with Crippen molar-refractivity contribution in [3.8, 4) is 5.75 Å². The predicted molar refractivity (Wildman–Crippen MR) is 98.1 cm³/mol. The van der Waals surface area contributed by atoms with E-state index in [1.807, 2.05) is 25.1 Å². The van der Waals surface area contributed by atoms with Gasteiger partial charge in [0.05, 0.1) is 25.4 Å². The number of carbonyl (C=O) groups excluding carboxylic acids is 1. The van der Waals surface area contributed by atoms with Crippen LogP contribution in [0.2, 0.25) is 0 Å². The van der Waals surface area contributed by atoms with E-state index in [1.165, 1.54) is 0 Å². The van der Waals surface area contributed by atoms with Crippen LogP contribution in [-0.4, -0.2) is 56.8 Å². The highest BCUT2D eigenvalue weighted by Gasteiger charge is 2.28. The van der Waals surface area contributed by atoms with Gasteiger partial charge in [0.2, 0.25) is 5.91 Å². The van der Waals surface area contributed by atoms with E-state index in [-0.39, 0.29) is 30.5 Å². The number of ether oxygens (including phenoxy) is 2. The van der Waals surface area contributed by atoms with Crippen molar-refractivity contribution < 1.29 is 14.3 Å². The Morgan fingerprint density at radius 3 is 2.79 bits per heavy atom. The third-order valence-corrected chi connectivity index (χ3v) is 4.37. The number of rotatable bonds is 6. The van der Waals surface area contributed by atoms with Gasteiger partial charge in [0.25, 0.3) is 0 Å². The molecule has 3 N–H and O–H groups in total. The second-order valence-electron chi connectivity index (χ2n) is 5.99. The van der Waals surface area contributed by atoms with Crippen LogP contribution < -0.4 is 15.8 Å². The maximum absolute atomic E-state index is 12.4. The molecule has 2 atom stereocenters. The Kier molecular flexibility index (Phi) is 8.48. The number of aryl methyl sites for hydroxylation is 1. The Hall–Kier alpha value is -1.34. The maximum atomic E-state index is 12.4. The Bertz CT molecular complexity index is 542. The first kappa shape index (κ1) is 20.7. The number of amides is 1. The molecule has 136 valence electrons. The molecule has 0 aromatic heterocycles. The molecule has 0 spiro atoms. The molecule has 1 aliphatic rings. The fraction of sp³-hybridized carbons (Fsp3) is 0.588. The number of hydrogen-bond donors (Lipinski definition) is 2. The van der Waals surface area contributed by atoms with Gasteiger partial charge in [-0.2, -0.15) is 0 Å². The zero-order valence-corrected chi connectivity index (χ0v) is 15.4. The molecule has 0 radical (unpaired) electrons. The van der Waals surface area contributed by atoms with Crippen LogP contribution in [0.3, 0.4) is 0 Å². The number of nitrogens with zero attached hydrogens (tertiary/aromatic N) is 1. The minimum absolute atomic E-state index is 0. The van der Waals surface area contributed by atoms with Crippen molar-refractivity contribution in [3.63, 3.8) is 0 Å². The van der Waals surface area contributed by atoms with E-state index in [1.54, 1.807) is 14.2 Å². The van der Waals surface area contributed by atoms with Gasteiger partial charge in [-0.1, -0.05) is 6.07 Å². The summed E-state index contributed by atoms with van der Waals surface area (Å²) in [5, 5.41) is 2.94. The highest BCUT2D eigenvalue weighted by molar-refractivity contribution is 5.93. The van der Waals surface area contributed by atoms with Gasteiger partial charge in [-0.3, -0.25) is 9.69 Å². The third kappa shape index (κ3) is 5.34. The largest absolute Gasteiger partial charge is 0.495 e. The van der Waals surface area contributed by atoms with Crippen molar-refractivity contribution in [1.82, 2.24) is 4.90 Å². The topological polar surface area (TPSA) is 76.8 Å². The predicted octanol–water partition coefficient (Wildman–Crippen LogP) is 1.80. The number of carbonyl (C=O) groups is 1. The summed E-state index contributed by atoms with van der Waals surface area (Å²) in [6.07, 6.45) is 2.03. The number of methoxy groups -OCH3 is 2. The summed E-state index contributed by atoms with van der Waals surface area (Å²) in [7, 11) is 3.32. The molecule has 0 aliphatic carbocycles. The molecule has 24 heavy (non-hydrogen) atoms. The van der Waals surface area contributed by atoms with E-state index < -0.39 is 0 Å². The lowest BCUT2D eigenvalue weighted by atomic mass is 9.99. The molecule has 0 bridgehead atoms. The minimum Gasteiger partial charge on any atom is -0.495 e. The lowest BCUT2D eigenvalue weighted by Crippen LogP contribution is -2.50.